The van der Waals surface area contributed by atoms with E-state index in [4.69, 9.17) is 4.74 Å². The van der Waals surface area contributed by atoms with Gasteiger partial charge >= 0.3 is 12.1 Å². The number of amides is 1. The third-order valence-corrected chi connectivity index (χ3v) is 6.37. The Morgan fingerprint density at radius 3 is 2.65 bits per heavy atom. The summed E-state index contributed by atoms with van der Waals surface area (Å²) in [6.07, 6.45) is -1.79. The van der Waals surface area contributed by atoms with Gasteiger partial charge in [-0.25, -0.2) is 9.37 Å². The summed E-state index contributed by atoms with van der Waals surface area (Å²) in [6, 6.07) is 13.8. The van der Waals surface area contributed by atoms with Gasteiger partial charge in [-0.2, -0.15) is 13.2 Å². The SMILES string of the molecule is COC(O)c1cc(C2CC2)cnc1N(C(=O)C(F)(F)F)c1ccc2c(ccn2Cc2cccc(F)c2)c1. The number of hydrogen-bond donors (Lipinski definition) is 1. The molecule has 37 heavy (non-hydrogen) atoms. The summed E-state index contributed by atoms with van der Waals surface area (Å²) in [5.74, 6) is -2.67. The first-order chi connectivity index (χ1) is 17.7. The molecular weight excluding hydrogens is 490 g/mol. The number of alkyl halides is 3. The van der Waals surface area contributed by atoms with Crippen LogP contribution < -0.4 is 4.90 Å². The zero-order chi connectivity index (χ0) is 26.3. The first-order valence-corrected chi connectivity index (χ1v) is 11.6. The zero-order valence-electron chi connectivity index (χ0n) is 19.7. The molecule has 0 spiro atoms. The fourth-order valence-corrected chi connectivity index (χ4v) is 4.39. The van der Waals surface area contributed by atoms with Crippen molar-refractivity contribution in [2.24, 2.45) is 0 Å². The molecule has 1 unspecified atom stereocenters. The van der Waals surface area contributed by atoms with E-state index in [2.05, 4.69) is 4.98 Å². The van der Waals surface area contributed by atoms with Crippen molar-refractivity contribution in [1.82, 2.24) is 9.55 Å². The molecule has 1 saturated carbocycles. The normalized spacial score (nSPS) is 14.6. The summed E-state index contributed by atoms with van der Waals surface area (Å²) in [4.78, 5) is 17.3. The first-order valence-electron chi connectivity index (χ1n) is 11.6. The number of ether oxygens (including phenoxy) is 1. The quantitative estimate of drug-likeness (QED) is 0.244. The lowest BCUT2D eigenvalue weighted by Gasteiger charge is -2.26. The molecule has 2 aromatic heterocycles. The standard InChI is InChI=1S/C27H23F4N3O3/c1-37-25(35)22-13-19(17-5-6-17)14-32-24(22)34(26(36)27(29,30)31)21-7-8-23-18(12-21)9-10-33(23)15-16-3-2-4-20(28)11-16/h2-4,7-14,17,25,35H,5-6,15H2,1H3. The molecule has 1 fully saturated rings. The lowest BCUT2D eigenvalue weighted by atomic mass is 10.1. The maximum Gasteiger partial charge on any atom is 0.472 e. The van der Waals surface area contributed by atoms with Crippen LogP contribution in [-0.2, 0) is 16.1 Å². The minimum atomic E-state index is -5.20. The van der Waals surface area contributed by atoms with Crippen molar-refractivity contribution in [1.29, 1.82) is 0 Å². The Labute approximate surface area is 209 Å². The Balaban J connectivity index is 1.59. The van der Waals surface area contributed by atoms with Crippen molar-refractivity contribution in [3.05, 3.63) is 89.5 Å². The summed E-state index contributed by atoms with van der Waals surface area (Å²) in [5, 5.41) is 11.0. The molecule has 0 aliphatic heterocycles. The van der Waals surface area contributed by atoms with E-state index in [9.17, 15) is 27.5 Å². The third kappa shape index (κ3) is 5.07. The number of hydrogen-bond acceptors (Lipinski definition) is 4. The topological polar surface area (TPSA) is 67.6 Å². The summed E-state index contributed by atoms with van der Waals surface area (Å²) in [6.45, 7) is 0.347. The predicted molar refractivity (Wildman–Crippen MR) is 129 cm³/mol. The van der Waals surface area contributed by atoms with Gasteiger partial charge in [-0.3, -0.25) is 9.69 Å². The van der Waals surface area contributed by atoms with E-state index in [0.717, 1.165) is 18.4 Å². The Morgan fingerprint density at radius 1 is 1.19 bits per heavy atom. The van der Waals surface area contributed by atoms with E-state index in [1.807, 2.05) is 4.57 Å². The van der Waals surface area contributed by atoms with E-state index >= 15 is 0 Å². The van der Waals surface area contributed by atoms with E-state index < -0.39 is 18.4 Å². The molecular formula is C27H23F4N3O3. The average Bonchev–Trinajstić information content (AvgIpc) is 3.65. The monoisotopic (exact) mass is 513 g/mol. The van der Waals surface area contributed by atoms with Gasteiger partial charge in [0.25, 0.3) is 0 Å². The van der Waals surface area contributed by atoms with Crippen LogP contribution in [-0.4, -0.2) is 33.9 Å². The maximum atomic E-state index is 13.7. The largest absolute Gasteiger partial charge is 0.472 e. The number of fused-ring (bicyclic) bond motifs is 1. The van der Waals surface area contributed by atoms with E-state index in [1.54, 1.807) is 36.5 Å². The van der Waals surface area contributed by atoms with Gasteiger partial charge in [0.2, 0.25) is 0 Å². The van der Waals surface area contributed by atoms with Crippen LogP contribution in [0.4, 0.5) is 29.1 Å². The molecule has 1 amide bonds. The van der Waals surface area contributed by atoms with Gasteiger partial charge in [-0.1, -0.05) is 12.1 Å². The second kappa shape index (κ2) is 9.60. The molecule has 1 aliphatic rings. The van der Waals surface area contributed by atoms with Crippen molar-refractivity contribution in [3.63, 3.8) is 0 Å². The van der Waals surface area contributed by atoms with Crippen LogP contribution in [0.25, 0.3) is 10.9 Å². The number of carbonyl (C=O) groups excluding carboxylic acids is 1. The van der Waals surface area contributed by atoms with Crippen LogP contribution >= 0.6 is 0 Å². The smallest absolute Gasteiger partial charge is 0.364 e. The van der Waals surface area contributed by atoms with Crippen molar-refractivity contribution in [2.45, 2.75) is 37.8 Å². The molecule has 0 bridgehead atoms. The van der Waals surface area contributed by atoms with Crippen molar-refractivity contribution in [2.75, 3.05) is 12.0 Å². The van der Waals surface area contributed by atoms with Gasteiger partial charge in [0.15, 0.2) is 6.29 Å². The molecule has 6 nitrogen and oxygen atoms in total. The fraction of sp³-hybridized carbons (Fsp3) is 0.259. The highest BCUT2D eigenvalue weighted by molar-refractivity contribution is 6.04. The number of anilines is 2. The fourth-order valence-electron chi connectivity index (χ4n) is 4.39. The number of aliphatic hydroxyl groups is 1. The minimum absolute atomic E-state index is 0.0340. The van der Waals surface area contributed by atoms with E-state index in [1.165, 1.54) is 37.6 Å². The van der Waals surface area contributed by atoms with Gasteiger partial charge in [0.05, 0.1) is 11.3 Å². The lowest BCUT2D eigenvalue weighted by Crippen LogP contribution is -2.39. The Hall–Kier alpha value is -3.76. The molecule has 2 aromatic carbocycles. The van der Waals surface area contributed by atoms with Gasteiger partial charge in [0, 0.05) is 37.0 Å². The summed E-state index contributed by atoms with van der Waals surface area (Å²) in [5.41, 5.74) is 2.05. The number of rotatable bonds is 7. The third-order valence-electron chi connectivity index (χ3n) is 6.37. The average molecular weight is 513 g/mol. The molecule has 1 aliphatic carbocycles. The molecule has 5 rings (SSSR count). The number of benzene rings is 2. The number of nitrogens with zero attached hydrogens (tertiary/aromatic N) is 3. The van der Waals surface area contributed by atoms with Crippen LogP contribution in [0.3, 0.4) is 0 Å². The van der Waals surface area contributed by atoms with Crippen LogP contribution in [0.1, 0.15) is 41.7 Å². The molecule has 2 heterocycles. The van der Waals surface area contributed by atoms with Crippen LogP contribution in [0.5, 0.6) is 0 Å². The predicted octanol–water partition coefficient (Wildman–Crippen LogP) is 5.97. The number of carbonyl (C=O) groups is 1. The second-order valence-electron chi connectivity index (χ2n) is 9.00. The van der Waals surface area contributed by atoms with Gasteiger partial charge in [0.1, 0.15) is 11.6 Å². The summed E-state index contributed by atoms with van der Waals surface area (Å²) < 4.78 is 61.7. The van der Waals surface area contributed by atoms with Crippen LogP contribution in [0.15, 0.2) is 67.0 Å². The molecule has 0 saturated heterocycles. The number of halogens is 4. The van der Waals surface area contributed by atoms with Crippen molar-refractivity contribution in [3.8, 4) is 0 Å². The van der Waals surface area contributed by atoms with Crippen LogP contribution in [0, 0.1) is 5.82 Å². The second-order valence-corrected chi connectivity index (χ2v) is 9.00. The molecule has 1 N–H and O–H groups in total. The minimum Gasteiger partial charge on any atom is -0.364 e. The molecule has 10 heteroatoms. The first kappa shape index (κ1) is 24.9. The maximum absolute atomic E-state index is 13.7. The van der Waals surface area contributed by atoms with E-state index in [-0.39, 0.29) is 28.8 Å². The lowest BCUT2D eigenvalue weighted by molar-refractivity contribution is -0.169. The number of pyridine rings is 1. The Morgan fingerprint density at radius 2 is 1.97 bits per heavy atom. The number of aliphatic hydroxyl groups excluding tert-OH is 1. The Bertz CT molecular complexity index is 1460. The van der Waals surface area contributed by atoms with Gasteiger partial charge in [-0.15, -0.1) is 0 Å². The van der Waals surface area contributed by atoms with Crippen LogP contribution in [0.2, 0.25) is 0 Å². The van der Waals surface area contributed by atoms with Crippen molar-refractivity contribution >= 4 is 28.3 Å². The van der Waals surface area contributed by atoms with Gasteiger partial charge in [-0.05, 0) is 72.4 Å². The molecule has 0 radical (unpaired) electrons. The Kier molecular flexibility index (Phi) is 6.47. The highest BCUT2D eigenvalue weighted by atomic mass is 19.4. The summed E-state index contributed by atoms with van der Waals surface area (Å²) in [7, 11) is 1.21. The molecule has 192 valence electrons. The molecule has 4 aromatic rings. The molecule has 1 atom stereocenters. The van der Waals surface area contributed by atoms with Gasteiger partial charge < -0.3 is 14.4 Å². The zero-order valence-corrected chi connectivity index (χ0v) is 19.7. The number of aromatic nitrogens is 2. The summed E-state index contributed by atoms with van der Waals surface area (Å²) >= 11 is 0. The highest BCUT2D eigenvalue weighted by Gasteiger charge is 2.45. The number of methoxy groups -OCH3 is 1. The van der Waals surface area contributed by atoms with Crippen molar-refractivity contribution < 1.29 is 32.2 Å². The highest BCUT2D eigenvalue weighted by Crippen LogP contribution is 2.43. The van der Waals surface area contributed by atoms with E-state index in [0.29, 0.717) is 27.9 Å².